The average Bonchev–Trinajstić information content (AvgIpc) is 3.23. The predicted octanol–water partition coefficient (Wildman–Crippen LogP) is 3.83. The first-order chi connectivity index (χ1) is 13.2. The molecule has 0 heterocycles. The number of fused-ring (bicyclic) bond motifs is 3. The van der Waals surface area contributed by atoms with Crippen molar-refractivity contribution in [1.82, 2.24) is 10.6 Å². The van der Waals surface area contributed by atoms with Gasteiger partial charge in [0.05, 0.1) is 0 Å². The molecule has 0 saturated heterocycles. The summed E-state index contributed by atoms with van der Waals surface area (Å²) in [5, 5.41) is 7.41. The minimum atomic E-state index is -0.678. The lowest BCUT2D eigenvalue weighted by Crippen LogP contribution is -2.46. The molecule has 2 saturated carbocycles. The molecule has 0 aliphatic heterocycles. The van der Waals surface area contributed by atoms with Gasteiger partial charge in [-0.2, -0.15) is 0 Å². The zero-order valence-electron chi connectivity index (χ0n) is 17.0. The van der Waals surface area contributed by atoms with Crippen LogP contribution in [0.5, 0.6) is 0 Å². The molecule has 6 heteroatoms. The van der Waals surface area contributed by atoms with Crippen LogP contribution in [0.1, 0.15) is 56.6 Å². The number of benzene rings is 1. The highest BCUT2D eigenvalue weighted by Crippen LogP contribution is 2.61. The van der Waals surface area contributed by atoms with Crippen LogP contribution in [-0.4, -0.2) is 40.3 Å². The van der Waals surface area contributed by atoms with Crippen molar-refractivity contribution in [3.05, 3.63) is 35.4 Å². The van der Waals surface area contributed by atoms with Gasteiger partial charge in [0.2, 0.25) is 0 Å². The van der Waals surface area contributed by atoms with Gasteiger partial charge in [-0.15, -0.1) is 24.0 Å². The molecule has 2 fully saturated rings. The van der Waals surface area contributed by atoms with Gasteiger partial charge in [0, 0.05) is 40.9 Å². The summed E-state index contributed by atoms with van der Waals surface area (Å²) in [6, 6.07) is 9.32. The molecule has 0 amide bonds. The molecule has 0 radical (unpaired) electrons. The molecule has 4 nitrogen and oxygen atoms in total. The van der Waals surface area contributed by atoms with Crippen molar-refractivity contribution in [2.24, 2.45) is 16.8 Å². The first kappa shape index (κ1) is 22.1. The number of nitrogens with one attached hydrogen (secondary N) is 2. The van der Waals surface area contributed by atoms with Gasteiger partial charge < -0.3 is 10.6 Å². The molecule has 1 aromatic carbocycles. The maximum atomic E-state index is 12.2. The van der Waals surface area contributed by atoms with Gasteiger partial charge in [-0.1, -0.05) is 37.6 Å². The zero-order valence-corrected chi connectivity index (χ0v) is 20.2. The summed E-state index contributed by atoms with van der Waals surface area (Å²) in [5.74, 6) is 3.97. The topological polar surface area (TPSA) is 53.5 Å². The summed E-state index contributed by atoms with van der Waals surface area (Å²) in [6.45, 7) is 5.94. The van der Waals surface area contributed by atoms with E-state index < -0.39 is 10.8 Å². The van der Waals surface area contributed by atoms with Gasteiger partial charge in [-0.3, -0.25) is 9.20 Å². The van der Waals surface area contributed by atoms with Crippen LogP contribution in [-0.2, 0) is 17.2 Å². The fraction of sp³-hybridized carbons (Fsp3) is 0.682. The van der Waals surface area contributed by atoms with Gasteiger partial charge in [-0.05, 0) is 61.5 Å². The fourth-order valence-corrected chi connectivity index (χ4v) is 6.54. The zero-order chi connectivity index (χ0) is 18.8. The Morgan fingerprint density at radius 3 is 2.86 bits per heavy atom. The summed E-state index contributed by atoms with van der Waals surface area (Å²) < 4.78 is 12.2. The lowest BCUT2D eigenvalue weighted by Gasteiger charge is -2.30. The van der Waals surface area contributed by atoms with Crippen molar-refractivity contribution < 1.29 is 4.21 Å². The van der Waals surface area contributed by atoms with Crippen molar-refractivity contribution in [2.45, 2.75) is 63.2 Å². The third-order valence-corrected chi connectivity index (χ3v) is 8.37. The van der Waals surface area contributed by atoms with Gasteiger partial charge in [-0.25, -0.2) is 0 Å². The molecule has 1 aromatic rings. The molecule has 6 unspecified atom stereocenters. The third-order valence-electron chi connectivity index (χ3n) is 6.63. The summed E-state index contributed by atoms with van der Waals surface area (Å²) >= 11 is 0. The van der Waals surface area contributed by atoms with Gasteiger partial charge in [0.25, 0.3) is 0 Å². The number of rotatable bonds is 6. The lowest BCUT2D eigenvalue weighted by molar-refractivity contribution is 0.413. The van der Waals surface area contributed by atoms with E-state index in [0.717, 1.165) is 62.3 Å². The minimum absolute atomic E-state index is 0. The molecule has 28 heavy (non-hydrogen) atoms. The van der Waals surface area contributed by atoms with Crippen LogP contribution in [0.2, 0.25) is 0 Å². The largest absolute Gasteiger partial charge is 0.357 e. The van der Waals surface area contributed by atoms with E-state index in [9.17, 15) is 4.21 Å². The van der Waals surface area contributed by atoms with Crippen molar-refractivity contribution in [2.75, 3.05) is 18.8 Å². The van der Waals surface area contributed by atoms with Crippen LogP contribution in [0.3, 0.4) is 0 Å². The Labute approximate surface area is 189 Å². The number of guanidine groups is 1. The molecule has 0 spiro atoms. The molecule has 3 aliphatic carbocycles. The molecule has 0 bridgehead atoms. The Morgan fingerprint density at radius 2 is 2.07 bits per heavy atom. The van der Waals surface area contributed by atoms with E-state index in [-0.39, 0.29) is 24.0 Å². The second kappa shape index (κ2) is 9.92. The highest BCUT2D eigenvalue weighted by atomic mass is 127. The van der Waals surface area contributed by atoms with Crippen LogP contribution in [0.4, 0.5) is 0 Å². The summed E-state index contributed by atoms with van der Waals surface area (Å²) in [7, 11) is -0.678. The third kappa shape index (κ3) is 4.74. The summed E-state index contributed by atoms with van der Waals surface area (Å²) in [6.07, 6.45) is 5.67. The van der Waals surface area contributed by atoms with Crippen LogP contribution >= 0.6 is 24.0 Å². The quantitative estimate of drug-likeness (QED) is 0.344. The Bertz CT molecular complexity index is 725. The molecule has 3 aliphatic rings. The van der Waals surface area contributed by atoms with E-state index in [1.807, 2.05) is 6.92 Å². The average molecular weight is 516 g/mol. The Hall–Kier alpha value is -0.630. The smallest absolute Gasteiger partial charge is 0.191 e. The predicted molar refractivity (Wildman–Crippen MR) is 129 cm³/mol. The number of nitrogens with zero attached hydrogens (tertiary/aromatic N) is 1. The summed E-state index contributed by atoms with van der Waals surface area (Å²) in [4.78, 5) is 4.93. The molecule has 4 rings (SSSR count). The minimum Gasteiger partial charge on any atom is -0.357 e. The van der Waals surface area contributed by atoms with E-state index in [1.165, 1.54) is 6.42 Å². The van der Waals surface area contributed by atoms with Gasteiger partial charge >= 0.3 is 0 Å². The van der Waals surface area contributed by atoms with E-state index in [1.54, 1.807) is 11.1 Å². The molecule has 0 aromatic heterocycles. The normalized spacial score (nSPS) is 31.9. The number of hydrogen-bond donors (Lipinski definition) is 2. The van der Waals surface area contributed by atoms with Crippen LogP contribution < -0.4 is 10.6 Å². The molecule has 6 atom stereocenters. The van der Waals surface area contributed by atoms with Crippen molar-refractivity contribution in [3.63, 3.8) is 0 Å². The number of aliphatic imine (C=N–C) groups is 1. The fourth-order valence-electron chi connectivity index (χ4n) is 5.19. The van der Waals surface area contributed by atoms with Crippen LogP contribution in [0.15, 0.2) is 29.3 Å². The maximum Gasteiger partial charge on any atom is 0.191 e. The van der Waals surface area contributed by atoms with Gasteiger partial charge in [0.15, 0.2) is 5.96 Å². The number of halogens is 1. The standard InChI is InChI=1S/C22H33N3OS.HI/c1-3-23-22(25-16-9-7-10-17(13-16)27(26)4-2)24-14-20-19-12-15-8-5-6-11-18(15)21(19)20;/h5-6,8,11,16-17,19-21H,3-4,7,9-10,12-14H2,1-2H3,(H2,23,24,25);1H. The molecular formula is C22H34IN3OS. The van der Waals surface area contributed by atoms with Crippen molar-refractivity contribution in [1.29, 1.82) is 0 Å². The highest BCUT2D eigenvalue weighted by molar-refractivity contribution is 14.0. The van der Waals surface area contributed by atoms with Crippen molar-refractivity contribution in [3.8, 4) is 0 Å². The molecule has 156 valence electrons. The number of hydrogen-bond acceptors (Lipinski definition) is 2. The Morgan fingerprint density at radius 1 is 1.25 bits per heavy atom. The van der Waals surface area contributed by atoms with Crippen molar-refractivity contribution >= 4 is 40.7 Å². The van der Waals surface area contributed by atoms with Crippen LogP contribution in [0.25, 0.3) is 0 Å². The van der Waals surface area contributed by atoms with E-state index in [2.05, 4.69) is 41.8 Å². The highest BCUT2D eigenvalue weighted by Gasteiger charge is 2.54. The lowest BCUT2D eigenvalue weighted by atomic mass is 9.95. The first-order valence-corrected chi connectivity index (χ1v) is 12.1. The molecule has 2 N–H and O–H groups in total. The first-order valence-electron chi connectivity index (χ1n) is 10.7. The Kier molecular flexibility index (Phi) is 7.81. The van der Waals surface area contributed by atoms with E-state index in [4.69, 9.17) is 4.99 Å². The maximum absolute atomic E-state index is 12.2. The summed E-state index contributed by atoms with van der Waals surface area (Å²) in [5.41, 5.74) is 3.12. The Balaban J connectivity index is 0.00000225. The molecular weight excluding hydrogens is 481 g/mol. The SMILES string of the molecule is CCNC(=NCC1C2Cc3ccccc3C12)NC1CCCC(S(=O)CC)C1.I. The monoisotopic (exact) mass is 515 g/mol. The second-order valence-electron chi connectivity index (χ2n) is 8.28. The van der Waals surface area contributed by atoms with Gasteiger partial charge in [0.1, 0.15) is 0 Å². The van der Waals surface area contributed by atoms with Crippen LogP contribution in [0, 0.1) is 11.8 Å². The van der Waals surface area contributed by atoms with E-state index in [0.29, 0.717) is 17.2 Å². The van der Waals surface area contributed by atoms with E-state index >= 15 is 0 Å². The second-order valence-corrected chi connectivity index (χ2v) is 10.3.